The number of aryl methyl sites for hydroxylation is 1. The summed E-state index contributed by atoms with van der Waals surface area (Å²) >= 11 is 0. The van der Waals surface area contributed by atoms with E-state index in [0.29, 0.717) is 31.6 Å². The highest BCUT2D eigenvalue weighted by Crippen LogP contribution is 2.19. The molecule has 2 aliphatic rings. The fourth-order valence-electron chi connectivity index (χ4n) is 2.24. The van der Waals surface area contributed by atoms with Gasteiger partial charge in [-0.15, -0.1) is 0 Å². The van der Waals surface area contributed by atoms with Crippen LogP contribution in [0.25, 0.3) is 0 Å². The van der Waals surface area contributed by atoms with Crippen molar-refractivity contribution in [2.75, 3.05) is 19.7 Å². The normalized spacial score (nSPS) is 24.4. The number of rotatable bonds is 4. The topological polar surface area (TPSA) is 67.6 Å². The number of aromatic nitrogens is 1. The second-order valence-electron chi connectivity index (χ2n) is 5.24. The average molecular weight is 265 g/mol. The highest BCUT2D eigenvalue weighted by Gasteiger charge is 2.31. The summed E-state index contributed by atoms with van der Waals surface area (Å²) in [5.74, 6) is 0.690. The summed E-state index contributed by atoms with van der Waals surface area (Å²) in [4.78, 5) is 18.4. The maximum absolute atomic E-state index is 12.0. The lowest BCUT2D eigenvalue weighted by molar-refractivity contribution is -0.139. The SMILES string of the molecule is Cc1nc(CN2CCOC(C(=O)NC3CC3)C2)co1. The smallest absolute Gasteiger partial charge is 0.250 e. The van der Waals surface area contributed by atoms with Gasteiger partial charge in [-0.1, -0.05) is 0 Å². The molecule has 1 saturated heterocycles. The average Bonchev–Trinajstić information content (AvgIpc) is 3.12. The van der Waals surface area contributed by atoms with Crippen molar-refractivity contribution in [3.8, 4) is 0 Å². The lowest BCUT2D eigenvalue weighted by Crippen LogP contribution is -2.49. The fourth-order valence-corrected chi connectivity index (χ4v) is 2.24. The third kappa shape index (κ3) is 3.33. The van der Waals surface area contributed by atoms with Crippen molar-refractivity contribution in [1.29, 1.82) is 0 Å². The molecule has 1 aromatic rings. The molecule has 1 unspecified atom stereocenters. The summed E-state index contributed by atoms with van der Waals surface area (Å²) in [5.41, 5.74) is 0.903. The minimum Gasteiger partial charge on any atom is -0.449 e. The maximum atomic E-state index is 12.0. The molecule has 0 bridgehead atoms. The molecule has 1 atom stereocenters. The number of hydrogen-bond acceptors (Lipinski definition) is 5. The second-order valence-corrected chi connectivity index (χ2v) is 5.24. The first-order valence-corrected chi connectivity index (χ1v) is 6.76. The molecule has 1 saturated carbocycles. The quantitative estimate of drug-likeness (QED) is 0.856. The summed E-state index contributed by atoms with van der Waals surface area (Å²) in [7, 11) is 0. The van der Waals surface area contributed by atoms with E-state index in [-0.39, 0.29) is 12.0 Å². The minimum atomic E-state index is -0.359. The summed E-state index contributed by atoms with van der Waals surface area (Å²) < 4.78 is 10.7. The Balaban J connectivity index is 1.53. The molecule has 1 aromatic heterocycles. The monoisotopic (exact) mass is 265 g/mol. The molecule has 1 aliphatic heterocycles. The van der Waals surface area contributed by atoms with Gasteiger partial charge in [-0.25, -0.2) is 4.98 Å². The standard InChI is InChI=1S/C13H19N3O3/c1-9-14-11(8-19-9)6-16-4-5-18-12(7-16)13(17)15-10-2-3-10/h8,10,12H,2-7H2,1H3,(H,15,17). The first kappa shape index (κ1) is 12.6. The highest BCUT2D eigenvalue weighted by atomic mass is 16.5. The van der Waals surface area contributed by atoms with Crippen LogP contribution in [-0.2, 0) is 16.1 Å². The van der Waals surface area contributed by atoms with E-state index in [2.05, 4.69) is 15.2 Å². The van der Waals surface area contributed by atoms with E-state index >= 15 is 0 Å². The Hall–Kier alpha value is -1.40. The van der Waals surface area contributed by atoms with Gasteiger partial charge in [0.05, 0.1) is 12.3 Å². The van der Waals surface area contributed by atoms with Crippen LogP contribution in [0.2, 0.25) is 0 Å². The van der Waals surface area contributed by atoms with E-state index < -0.39 is 0 Å². The van der Waals surface area contributed by atoms with Gasteiger partial charge < -0.3 is 14.5 Å². The largest absolute Gasteiger partial charge is 0.449 e. The lowest BCUT2D eigenvalue weighted by atomic mass is 10.2. The number of carbonyl (C=O) groups excluding carboxylic acids is 1. The molecule has 104 valence electrons. The van der Waals surface area contributed by atoms with E-state index in [1.165, 1.54) is 0 Å². The van der Waals surface area contributed by atoms with Crippen LogP contribution in [0.3, 0.4) is 0 Å². The van der Waals surface area contributed by atoms with Gasteiger partial charge in [-0.3, -0.25) is 9.69 Å². The van der Waals surface area contributed by atoms with Gasteiger partial charge in [0.2, 0.25) is 0 Å². The van der Waals surface area contributed by atoms with Crippen LogP contribution < -0.4 is 5.32 Å². The highest BCUT2D eigenvalue weighted by molar-refractivity contribution is 5.81. The van der Waals surface area contributed by atoms with Gasteiger partial charge in [0.15, 0.2) is 5.89 Å². The zero-order valence-electron chi connectivity index (χ0n) is 11.1. The van der Waals surface area contributed by atoms with Crippen molar-refractivity contribution in [2.45, 2.75) is 38.5 Å². The van der Waals surface area contributed by atoms with E-state index in [9.17, 15) is 4.79 Å². The van der Waals surface area contributed by atoms with Gasteiger partial charge in [0.25, 0.3) is 5.91 Å². The number of oxazole rings is 1. The van der Waals surface area contributed by atoms with E-state index in [0.717, 1.165) is 25.1 Å². The van der Waals surface area contributed by atoms with Crippen LogP contribution in [0.5, 0.6) is 0 Å². The van der Waals surface area contributed by atoms with Gasteiger partial charge in [0.1, 0.15) is 12.4 Å². The Bertz CT molecular complexity index is 456. The van der Waals surface area contributed by atoms with Crippen LogP contribution in [0.15, 0.2) is 10.7 Å². The minimum absolute atomic E-state index is 0.0172. The molecule has 0 aromatic carbocycles. The molecular weight excluding hydrogens is 246 g/mol. The third-order valence-corrected chi connectivity index (χ3v) is 3.42. The van der Waals surface area contributed by atoms with Crippen molar-refractivity contribution < 1.29 is 13.9 Å². The molecule has 1 aliphatic carbocycles. The molecule has 1 amide bonds. The molecular formula is C13H19N3O3. The molecule has 0 radical (unpaired) electrons. The molecule has 2 heterocycles. The Labute approximate surface area is 112 Å². The summed E-state index contributed by atoms with van der Waals surface area (Å²) in [6, 6.07) is 0.379. The Kier molecular flexibility index (Phi) is 3.52. The van der Waals surface area contributed by atoms with Crippen molar-refractivity contribution in [2.24, 2.45) is 0 Å². The second kappa shape index (κ2) is 5.30. The number of nitrogens with one attached hydrogen (secondary N) is 1. The van der Waals surface area contributed by atoms with Crippen molar-refractivity contribution in [1.82, 2.24) is 15.2 Å². The van der Waals surface area contributed by atoms with Gasteiger partial charge in [0, 0.05) is 32.6 Å². The number of carbonyl (C=O) groups is 1. The van der Waals surface area contributed by atoms with Crippen molar-refractivity contribution in [3.05, 3.63) is 17.8 Å². The van der Waals surface area contributed by atoms with Gasteiger partial charge in [-0.2, -0.15) is 0 Å². The fraction of sp³-hybridized carbons (Fsp3) is 0.692. The number of amides is 1. The summed E-state index contributed by atoms with van der Waals surface area (Å²) in [6.45, 7) is 4.55. The lowest BCUT2D eigenvalue weighted by Gasteiger charge is -2.31. The molecule has 2 fully saturated rings. The molecule has 6 heteroatoms. The van der Waals surface area contributed by atoms with Crippen molar-refractivity contribution in [3.63, 3.8) is 0 Å². The molecule has 6 nitrogen and oxygen atoms in total. The zero-order valence-corrected chi connectivity index (χ0v) is 11.1. The van der Waals surface area contributed by atoms with Gasteiger partial charge in [-0.05, 0) is 12.8 Å². The van der Waals surface area contributed by atoms with E-state index in [4.69, 9.17) is 9.15 Å². The first-order valence-electron chi connectivity index (χ1n) is 6.76. The Morgan fingerprint density at radius 2 is 2.42 bits per heavy atom. The first-order chi connectivity index (χ1) is 9.20. The maximum Gasteiger partial charge on any atom is 0.250 e. The zero-order chi connectivity index (χ0) is 13.2. The van der Waals surface area contributed by atoms with Crippen LogP contribution >= 0.6 is 0 Å². The number of nitrogens with zero attached hydrogens (tertiary/aromatic N) is 2. The number of morpholine rings is 1. The van der Waals surface area contributed by atoms with Crippen LogP contribution in [-0.4, -0.2) is 47.6 Å². The summed E-state index contributed by atoms with van der Waals surface area (Å²) in [5, 5.41) is 2.99. The number of ether oxygens (including phenoxy) is 1. The van der Waals surface area contributed by atoms with Crippen LogP contribution in [0.4, 0.5) is 0 Å². The van der Waals surface area contributed by atoms with Crippen molar-refractivity contribution >= 4 is 5.91 Å². The molecule has 0 spiro atoms. The number of hydrogen-bond donors (Lipinski definition) is 1. The predicted molar refractivity (Wildman–Crippen MR) is 67.4 cm³/mol. The Morgan fingerprint density at radius 1 is 1.58 bits per heavy atom. The van der Waals surface area contributed by atoms with E-state index in [1.807, 2.05) is 6.92 Å². The summed E-state index contributed by atoms with van der Waals surface area (Å²) in [6.07, 6.45) is 3.51. The predicted octanol–water partition coefficient (Wildman–Crippen LogP) is 0.462. The molecule has 3 rings (SSSR count). The molecule has 1 N–H and O–H groups in total. The molecule has 19 heavy (non-hydrogen) atoms. The van der Waals surface area contributed by atoms with Crippen LogP contribution in [0.1, 0.15) is 24.4 Å². The third-order valence-electron chi connectivity index (χ3n) is 3.42. The van der Waals surface area contributed by atoms with E-state index in [1.54, 1.807) is 6.26 Å². The van der Waals surface area contributed by atoms with Crippen LogP contribution in [0, 0.1) is 6.92 Å². The van der Waals surface area contributed by atoms with Gasteiger partial charge >= 0.3 is 0 Å². The Morgan fingerprint density at radius 3 is 3.11 bits per heavy atom.